The van der Waals surface area contributed by atoms with Crippen LogP contribution in [0, 0.1) is 0 Å². The quantitative estimate of drug-likeness (QED) is 0.602. The number of rotatable bonds is 8. The molecule has 0 spiro atoms. The molecule has 0 N–H and O–H groups in total. The average Bonchev–Trinajstić information content (AvgIpc) is 2.39. The Labute approximate surface area is 105 Å². The maximum Gasteiger partial charge on any atom is 0.209 e. The number of nitrogens with zero attached hydrogens (tertiary/aromatic N) is 2. The van der Waals surface area contributed by atoms with Gasteiger partial charge in [0, 0.05) is 32.2 Å². The van der Waals surface area contributed by atoms with Crippen LogP contribution >= 0.6 is 0 Å². The highest BCUT2D eigenvalue weighted by Gasteiger charge is 2.19. The van der Waals surface area contributed by atoms with Crippen LogP contribution in [-0.4, -0.2) is 61.6 Å². The van der Waals surface area contributed by atoms with Crippen molar-refractivity contribution in [2.45, 2.75) is 39.2 Å². The molecule has 1 heterocycles. The smallest absolute Gasteiger partial charge is 0.209 e. The minimum Gasteiger partial charge on any atom is -0.379 e. The second-order valence-corrected chi connectivity index (χ2v) is 4.64. The van der Waals surface area contributed by atoms with E-state index in [4.69, 9.17) is 4.74 Å². The van der Waals surface area contributed by atoms with E-state index in [1.165, 1.54) is 0 Å². The molecule has 1 unspecified atom stereocenters. The third kappa shape index (κ3) is 5.04. The van der Waals surface area contributed by atoms with Crippen LogP contribution in [0.5, 0.6) is 0 Å². The fourth-order valence-electron chi connectivity index (χ4n) is 2.41. The Morgan fingerprint density at radius 2 is 2.00 bits per heavy atom. The summed E-state index contributed by atoms with van der Waals surface area (Å²) in [6, 6.07) is 0.596. The van der Waals surface area contributed by atoms with Crippen molar-refractivity contribution in [3.05, 3.63) is 0 Å². The van der Waals surface area contributed by atoms with Gasteiger partial charge < -0.3 is 9.64 Å². The molecular weight excluding hydrogens is 216 g/mol. The van der Waals surface area contributed by atoms with Crippen molar-refractivity contribution in [3.8, 4) is 0 Å². The molecule has 1 fully saturated rings. The predicted molar refractivity (Wildman–Crippen MR) is 69.0 cm³/mol. The summed E-state index contributed by atoms with van der Waals surface area (Å²) in [7, 11) is 0. The van der Waals surface area contributed by atoms with E-state index >= 15 is 0 Å². The zero-order valence-corrected chi connectivity index (χ0v) is 11.2. The first-order valence-corrected chi connectivity index (χ1v) is 6.83. The van der Waals surface area contributed by atoms with Crippen LogP contribution in [0.4, 0.5) is 0 Å². The SMILES string of the molecule is CCCN(C=O)CCC(CC)N1CCOCC1. The van der Waals surface area contributed by atoms with Gasteiger partial charge in [-0.2, -0.15) is 0 Å². The van der Waals surface area contributed by atoms with Gasteiger partial charge >= 0.3 is 0 Å². The van der Waals surface area contributed by atoms with Crippen molar-refractivity contribution in [2.24, 2.45) is 0 Å². The Morgan fingerprint density at radius 3 is 2.53 bits per heavy atom. The van der Waals surface area contributed by atoms with Crippen LogP contribution < -0.4 is 0 Å². The Morgan fingerprint density at radius 1 is 1.29 bits per heavy atom. The summed E-state index contributed by atoms with van der Waals surface area (Å²) in [5.74, 6) is 0. The minimum absolute atomic E-state index is 0.596. The predicted octanol–water partition coefficient (Wildman–Crippen LogP) is 1.36. The van der Waals surface area contributed by atoms with Gasteiger partial charge in [0.2, 0.25) is 6.41 Å². The molecule has 0 bridgehead atoms. The Hall–Kier alpha value is -0.610. The van der Waals surface area contributed by atoms with Crippen LogP contribution in [0.25, 0.3) is 0 Å². The van der Waals surface area contributed by atoms with Gasteiger partial charge in [-0.1, -0.05) is 13.8 Å². The minimum atomic E-state index is 0.596. The summed E-state index contributed by atoms with van der Waals surface area (Å²) in [6.07, 6.45) is 4.25. The van der Waals surface area contributed by atoms with Crippen LogP contribution in [0.3, 0.4) is 0 Å². The lowest BCUT2D eigenvalue weighted by atomic mass is 10.1. The second-order valence-electron chi connectivity index (χ2n) is 4.64. The zero-order valence-electron chi connectivity index (χ0n) is 11.2. The van der Waals surface area contributed by atoms with Crippen LogP contribution in [0.2, 0.25) is 0 Å². The van der Waals surface area contributed by atoms with Gasteiger partial charge in [-0.3, -0.25) is 9.69 Å². The molecule has 0 aromatic heterocycles. The van der Waals surface area contributed by atoms with E-state index in [-0.39, 0.29) is 0 Å². The fraction of sp³-hybridized carbons (Fsp3) is 0.923. The summed E-state index contributed by atoms with van der Waals surface area (Å²) in [4.78, 5) is 15.3. The number of morpholine rings is 1. The molecule has 0 radical (unpaired) electrons. The molecular formula is C13H26N2O2. The first-order valence-electron chi connectivity index (χ1n) is 6.83. The van der Waals surface area contributed by atoms with Crippen molar-refractivity contribution in [3.63, 3.8) is 0 Å². The molecule has 100 valence electrons. The summed E-state index contributed by atoms with van der Waals surface area (Å²) in [6.45, 7) is 9.86. The molecule has 0 aliphatic carbocycles. The number of ether oxygens (including phenoxy) is 1. The van der Waals surface area contributed by atoms with Crippen molar-refractivity contribution in [1.29, 1.82) is 0 Å². The van der Waals surface area contributed by atoms with Gasteiger partial charge in [-0.15, -0.1) is 0 Å². The Balaban J connectivity index is 2.32. The zero-order chi connectivity index (χ0) is 12.5. The first kappa shape index (κ1) is 14.5. The normalized spacial score (nSPS) is 18.9. The van der Waals surface area contributed by atoms with Crippen molar-refractivity contribution >= 4 is 6.41 Å². The third-order valence-electron chi connectivity index (χ3n) is 3.44. The van der Waals surface area contributed by atoms with Crippen LogP contribution in [-0.2, 0) is 9.53 Å². The summed E-state index contributed by atoms with van der Waals surface area (Å²) < 4.78 is 5.37. The number of hydrogen-bond donors (Lipinski definition) is 0. The number of carbonyl (C=O) groups excluding carboxylic acids is 1. The van der Waals surface area contributed by atoms with E-state index in [9.17, 15) is 4.79 Å². The van der Waals surface area contributed by atoms with Gasteiger partial charge in [0.1, 0.15) is 0 Å². The second kappa shape index (κ2) is 8.48. The molecule has 17 heavy (non-hydrogen) atoms. The Bertz CT molecular complexity index is 206. The van der Waals surface area contributed by atoms with Crippen molar-refractivity contribution in [2.75, 3.05) is 39.4 Å². The molecule has 1 rings (SSSR count). The van der Waals surface area contributed by atoms with Gasteiger partial charge in [0.05, 0.1) is 13.2 Å². The first-order chi connectivity index (χ1) is 8.31. The number of hydrogen-bond acceptors (Lipinski definition) is 3. The van der Waals surface area contributed by atoms with Crippen LogP contribution in [0.15, 0.2) is 0 Å². The van der Waals surface area contributed by atoms with Gasteiger partial charge in [0.25, 0.3) is 0 Å². The average molecular weight is 242 g/mol. The largest absolute Gasteiger partial charge is 0.379 e. The van der Waals surface area contributed by atoms with E-state index in [0.29, 0.717) is 6.04 Å². The lowest BCUT2D eigenvalue weighted by Crippen LogP contribution is -2.44. The van der Waals surface area contributed by atoms with E-state index in [1.807, 2.05) is 4.90 Å². The molecule has 1 aliphatic heterocycles. The molecule has 1 atom stereocenters. The summed E-state index contributed by atoms with van der Waals surface area (Å²) in [5, 5.41) is 0. The van der Waals surface area contributed by atoms with Gasteiger partial charge in [-0.05, 0) is 19.3 Å². The maximum atomic E-state index is 10.9. The molecule has 0 saturated carbocycles. The highest BCUT2D eigenvalue weighted by atomic mass is 16.5. The number of amides is 1. The third-order valence-corrected chi connectivity index (χ3v) is 3.44. The highest BCUT2D eigenvalue weighted by molar-refractivity contribution is 5.46. The van der Waals surface area contributed by atoms with Gasteiger partial charge in [0.15, 0.2) is 0 Å². The maximum absolute atomic E-state index is 10.9. The number of carbonyl (C=O) groups is 1. The molecule has 1 amide bonds. The lowest BCUT2D eigenvalue weighted by molar-refractivity contribution is -0.118. The van der Waals surface area contributed by atoms with E-state index in [2.05, 4.69) is 18.7 Å². The van der Waals surface area contributed by atoms with Gasteiger partial charge in [-0.25, -0.2) is 0 Å². The highest BCUT2D eigenvalue weighted by Crippen LogP contribution is 2.11. The van der Waals surface area contributed by atoms with Crippen LogP contribution in [0.1, 0.15) is 33.1 Å². The molecule has 4 heteroatoms. The fourth-order valence-corrected chi connectivity index (χ4v) is 2.41. The molecule has 4 nitrogen and oxygen atoms in total. The summed E-state index contributed by atoms with van der Waals surface area (Å²) >= 11 is 0. The monoisotopic (exact) mass is 242 g/mol. The molecule has 0 aromatic rings. The Kier molecular flexibility index (Phi) is 7.21. The van der Waals surface area contributed by atoms with E-state index < -0.39 is 0 Å². The topological polar surface area (TPSA) is 32.8 Å². The standard InChI is InChI=1S/C13H26N2O2/c1-3-6-14(12-16)7-5-13(4-2)15-8-10-17-11-9-15/h12-13H,3-11H2,1-2H3. The van der Waals surface area contributed by atoms with Crippen molar-refractivity contribution in [1.82, 2.24) is 9.80 Å². The summed E-state index contributed by atoms with van der Waals surface area (Å²) in [5.41, 5.74) is 0. The van der Waals surface area contributed by atoms with E-state index in [1.54, 1.807) is 0 Å². The lowest BCUT2D eigenvalue weighted by Gasteiger charge is -2.34. The molecule has 0 aromatic carbocycles. The van der Waals surface area contributed by atoms with Crippen molar-refractivity contribution < 1.29 is 9.53 Å². The molecule has 1 saturated heterocycles. The van der Waals surface area contributed by atoms with E-state index in [0.717, 1.165) is 65.1 Å². The molecule has 1 aliphatic rings.